The van der Waals surface area contributed by atoms with E-state index in [9.17, 15) is 9.59 Å². The molecule has 1 atom stereocenters. The molecule has 3 heterocycles. The van der Waals surface area contributed by atoms with Gasteiger partial charge in [-0.25, -0.2) is 4.98 Å². The Kier molecular flexibility index (Phi) is 4.38. The zero-order valence-corrected chi connectivity index (χ0v) is 15.0. The van der Waals surface area contributed by atoms with E-state index in [1.807, 2.05) is 43.3 Å². The molecule has 4 rings (SSSR count). The maximum Gasteiger partial charge on any atom is 0.257 e. The molecule has 1 aliphatic rings. The minimum atomic E-state index is -0.511. The number of carbonyl (C=O) groups is 2. The van der Waals surface area contributed by atoms with Crippen LogP contribution in [0, 0.1) is 6.92 Å². The maximum absolute atomic E-state index is 13.0. The number of rotatable bonds is 3. The van der Waals surface area contributed by atoms with Crippen molar-refractivity contribution < 1.29 is 9.59 Å². The van der Waals surface area contributed by atoms with Crippen LogP contribution in [0.1, 0.15) is 15.9 Å². The fraction of sp³-hybridized carbons (Fsp3) is 0.211. The van der Waals surface area contributed by atoms with Crippen molar-refractivity contribution >= 4 is 40.3 Å². The Morgan fingerprint density at radius 1 is 1.31 bits per heavy atom. The van der Waals surface area contributed by atoms with E-state index in [1.165, 1.54) is 0 Å². The number of benzene rings is 1. The van der Waals surface area contributed by atoms with E-state index in [0.717, 1.165) is 16.5 Å². The molecule has 1 aromatic carbocycles. The molecular weight excluding hydrogens is 348 g/mol. The third-order valence-electron chi connectivity index (χ3n) is 4.43. The third kappa shape index (κ3) is 3.06. The summed E-state index contributed by atoms with van der Waals surface area (Å²) in [5, 5.41) is 3.70. The highest BCUT2D eigenvalue weighted by Crippen LogP contribution is 2.27. The molecule has 3 aromatic rings. The Balaban J connectivity index is 1.56. The number of nitrogens with one attached hydrogen (secondary N) is 2. The second-order valence-corrected chi connectivity index (χ2v) is 7.25. The minimum Gasteiger partial charge on any atom is -0.360 e. The zero-order chi connectivity index (χ0) is 18.1. The number of amides is 2. The number of H-pyrrole nitrogens is 1. The Morgan fingerprint density at radius 2 is 2.15 bits per heavy atom. The number of carbonyl (C=O) groups excluding carboxylic acids is 2. The van der Waals surface area contributed by atoms with Gasteiger partial charge in [0.2, 0.25) is 5.91 Å². The molecule has 2 N–H and O–H groups in total. The highest BCUT2D eigenvalue weighted by atomic mass is 32.2. The summed E-state index contributed by atoms with van der Waals surface area (Å²) >= 11 is 1.58. The van der Waals surface area contributed by atoms with E-state index < -0.39 is 6.04 Å². The van der Waals surface area contributed by atoms with Crippen molar-refractivity contribution in [2.45, 2.75) is 13.0 Å². The Bertz CT molecular complexity index is 984. The summed E-state index contributed by atoms with van der Waals surface area (Å²) in [7, 11) is 0. The fourth-order valence-corrected chi connectivity index (χ4v) is 4.23. The molecule has 0 spiro atoms. The van der Waals surface area contributed by atoms with Gasteiger partial charge in [-0.05, 0) is 30.7 Å². The summed E-state index contributed by atoms with van der Waals surface area (Å²) in [4.78, 5) is 34.7. The van der Waals surface area contributed by atoms with E-state index in [2.05, 4.69) is 15.3 Å². The number of pyridine rings is 1. The van der Waals surface area contributed by atoms with E-state index in [0.29, 0.717) is 23.0 Å². The van der Waals surface area contributed by atoms with E-state index in [-0.39, 0.29) is 11.8 Å². The van der Waals surface area contributed by atoms with Gasteiger partial charge in [-0.2, -0.15) is 0 Å². The van der Waals surface area contributed by atoms with E-state index >= 15 is 0 Å². The molecule has 0 unspecified atom stereocenters. The van der Waals surface area contributed by atoms with Crippen molar-refractivity contribution in [3.63, 3.8) is 0 Å². The molecule has 2 amide bonds. The van der Waals surface area contributed by atoms with Crippen LogP contribution in [0.25, 0.3) is 10.9 Å². The topological polar surface area (TPSA) is 78.1 Å². The number of para-hydroxylation sites is 1. The van der Waals surface area contributed by atoms with Crippen LogP contribution in [0.5, 0.6) is 0 Å². The van der Waals surface area contributed by atoms with Gasteiger partial charge in [0, 0.05) is 29.0 Å². The van der Waals surface area contributed by atoms with Crippen LogP contribution in [-0.2, 0) is 4.79 Å². The zero-order valence-electron chi connectivity index (χ0n) is 14.2. The number of fused-ring (bicyclic) bond motifs is 1. The van der Waals surface area contributed by atoms with Crippen molar-refractivity contribution in [2.75, 3.05) is 16.9 Å². The van der Waals surface area contributed by atoms with Crippen LogP contribution in [0.15, 0.2) is 48.8 Å². The second kappa shape index (κ2) is 6.84. The Hall–Kier alpha value is -2.80. The van der Waals surface area contributed by atoms with Crippen molar-refractivity contribution in [3.05, 3.63) is 59.9 Å². The van der Waals surface area contributed by atoms with Crippen molar-refractivity contribution in [3.8, 4) is 0 Å². The van der Waals surface area contributed by atoms with Crippen molar-refractivity contribution in [1.82, 2.24) is 14.9 Å². The van der Waals surface area contributed by atoms with Gasteiger partial charge >= 0.3 is 0 Å². The number of hydrogen-bond donors (Lipinski definition) is 2. The number of hydrogen-bond acceptors (Lipinski definition) is 4. The predicted molar refractivity (Wildman–Crippen MR) is 103 cm³/mol. The summed E-state index contributed by atoms with van der Waals surface area (Å²) in [6.45, 7) is 1.94. The van der Waals surface area contributed by atoms with Gasteiger partial charge in [-0.15, -0.1) is 11.8 Å². The van der Waals surface area contributed by atoms with E-state index in [4.69, 9.17) is 0 Å². The first-order chi connectivity index (χ1) is 12.6. The van der Waals surface area contributed by atoms with Crippen molar-refractivity contribution in [1.29, 1.82) is 0 Å². The Labute approximate surface area is 155 Å². The average Bonchev–Trinajstić information content (AvgIpc) is 3.28. The average molecular weight is 366 g/mol. The minimum absolute atomic E-state index is 0.134. The molecule has 1 fully saturated rings. The smallest absolute Gasteiger partial charge is 0.257 e. The number of anilines is 1. The molecule has 6 nitrogen and oxygen atoms in total. The largest absolute Gasteiger partial charge is 0.360 e. The molecule has 132 valence electrons. The number of nitrogens with zero attached hydrogens (tertiary/aromatic N) is 2. The lowest BCUT2D eigenvalue weighted by Gasteiger charge is -2.22. The molecule has 26 heavy (non-hydrogen) atoms. The van der Waals surface area contributed by atoms with E-state index in [1.54, 1.807) is 29.1 Å². The van der Waals surface area contributed by atoms with Gasteiger partial charge in [-0.3, -0.25) is 9.59 Å². The van der Waals surface area contributed by atoms with Crippen molar-refractivity contribution in [2.24, 2.45) is 0 Å². The number of aryl methyl sites for hydroxylation is 1. The SMILES string of the molecule is Cc1ccnc(NC(=O)[C@@H]2CSCN2C(=O)c2c[nH]c3ccccc23)c1. The molecule has 2 aromatic heterocycles. The molecule has 0 aliphatic carbocycles. The van der Waals surface area contributed by atoms with Gasteiger partial charge in [0.25, 0.3) is 5.91 Å². The fourth-order valence-electron chi connectivity index (χ4n) is 3.08. The lowest BCUT2D eigenvalue weighted by molar-refractivity contribution is -0.119. The number of thioether (sulfide) groups is 1. The Morgan fingerprint density at radius 3 is 3.00 bits per heavy atom. The summed E-state index contributed by atoms with van der Waals surface area (Å²) in [5.74, 6) is 1.24. The maximum atomic E-state index is 13.0. The van der Waals surface area contributed by atoms with Crippen LogP contribution in [0.2, 0.25) is 0 Å². The van der Waals surface area contributed by atoms with Crippen LogP contribution >= 0.6 is 11.8 Å². The standard InChI is InChI=1S/C19H18N4O2S/c1-12-6-7-20-17(8-12)22-18(24)16-10-26-11-23(16)19(25)14-9-21-15-5-3-2-4-13(14)15/h2-9,16,21H,10-11H2,1H3,(H,20,22,24)/t16-/m0/s1. The highest BCUT2D eigenvalue weighted by molar-refractivity contribution is 7.99. The van der Waals surface area contributed by atoms with Crippen LogP contribution in [0.4, 0.5) is 5.82 Å². The van der Waals surface area contributed by atoms with Crippen LogP contribution in [0.3, 0.4) is 0 Å². The molecule has 0 bridgehead atoms. The van der Waals surface area contributed by atoms with Gasteiger partial charge in [-0.1, -0.05) is 18.2 Å². The molecule has 1 saturated heterocycles. The molecule has 0 radical (unpaired) electrons. The lowest BCUT2D eigenvalue weighted by Crippen LogP contribution is -2.44. The number of aromatic nitrogens is 2. The first kappa shape index (κ1) is 16.7. The predicted octanol–water partition coefficient (Wildman–Crippen LogP) is 3.03. The quantitative estimate of drug-likeness (QED) is 0.747. The summed E-state index contributed by atoms with van der Waals surface area (Å²) < 4.78 is 0. The molecule has 1 aliphatic heterocycles. The van der Waals surface area contributed by atoms with Crippen LogP contribution in [-0.4, -0.2) is 44.4 Å². The summed E-state index contributed by atoms with van der Waals surface area (Å²) in [6, 6.07) is 10.8. The lowest BCUT2D eigenvalue weighted by atomic mass is 10.1. The summed E-state index contributed by atoms with van der Waals surface area (Å²) in [6.07, 6.45) is 3.37. The molecule has 0 saturated carbocycles. The summed E-state index contributed by atoms with van der Waals surface area (Å²) in [5.41, 5.74) is 2.52. The monoisotopic (exact) mass is 366 g/mol. The molecular formula is C19H18N4O2S. The van der Waals surface area contributed by atoms with Gasteiger partial charge in [0.05, 0.1) is 11.4 Å². The highest BCUT2D eigenvalue weighted by Gasteiger charge is 2.36. The first-order valence-corrected chi connectivity index (χ1v) is 9.47. The second-order valence-electron chi connectivity index (χ2n) is 6.25. The van der Waals surface area contributed by atoms with Gasteiger partial charge < -0.3 is 15.2 Å². The van der Waals surface area contributed by atoms with Crippen LogP contribution < -0.4 is 5.32 Å². The van der Waals surface area contributed by atoms with Gasteiger partial charge in [0.1, 0.15) is 11.9 Å². The first-order valence-electron chi connectivity index (χ1n) is 8.32. The number of aromatic amines is 1. The molecule has 7 heteroatoms. The third-order valence-corrected chi connectivity index (χ3v) is 5.44. The normalized spacial score (nSPS) is 16.8. The van der Waals surface area contributed by atoms with Gasteiger partial charge in [0.15, 0.2) is 0 Å².